The van der Waals surface area contributed by atoms with Crippen LogP contribution in [0.2, 0.25) is 0 Å². The van der Waals surface area contributed by atoms with Crippen molar-refractivity contribution in [1.82, 2.24) is 19.2 Å². The van der Waals surface area contributed by atoms with Crippen molar-refractivity contribution >= 4 is 17.4 Å². The van der Waals surface area contributed by atoms with Crippen molar-refractivity contribution in [3.05, 3.63) is 71.0 Å². The Morgan fingerprint density at radius 3 is 2.54 bits per heavy atom. The Morgan fingerprint density at radius 2 is 1.83 bits per heavy atom. The zero-order chi connectivity index (χ0) is 24.5. The van der Waals surface area contributed by atoms with E-state index in [9.17, 15) is 4.79 Å². The van der Waals surface area contributed by atoms with E-state index in [1.165, 1.54) is 11.5 Å². The normalized spacial score (nSPS) is 14.1. The van der Waals surface area contributed by atoms with Gasteiger partial charge in [-0.3, -0.25) is 9.69 Å². The fourth-order valence-electron chi connectivity index (χ4n) is 4.20. The maximum absolute atomic E-state index is 13.2. The summed E-state index contributed by atoms with van der Waals surface area (Å²) >= 11 is 1.25. The molecule has 2 heterocycles. The smallest absolute Gasteiger partial charge is 0.298 e. The molecule has 8 heteroatoms. The summed E-state index contributed by atoms with van der Waals surface area (Å²) in [5.41, 5.74) is 2.84. The topological polar surface area (TPSA) is 67.8 Å². The molecule has 1 aliphatic heterocycles. The number of benzene rings is 2. The van der Waals surface area contributed by atoms with E-state index in [2.05, 4.69) is 40.2 Å². The quantitative estimate of drug-likeness (QED) is 0.373. The van der Waals surface area contributed by atoms with Gasteiger partial charge in [0, 0.05) is 61.8 Å². The Kier molecular flexibility index (Phi) is 9.22. The molecule has 0 unspecified atom stereocenters. The number of carbonyl (C=O) groups is 1. The van der Waals surface area contributed by atoms with Gasteiger partial charge in [0.2, 0.25) is 0 Å². The van der Waals surface area contributed by atoms with Crippen LogP contribution >= 0.6 is 11.5 Å². The largest absolute Gasteiger partial charge is 0.430 e. The Labute approximate surface area is 211 Å². The lowest BCUT2D eigenvalue weighted by molar-refractivity contribution is 0.0339. The molecule has 2 aromatic carbocycles. The van der Waals surface area contributed by atoms with Crippen molar-refractivity contribution in [2.45, 2.75) is 39.7 Å². The summed E-state index contributed by atoms with van der Waals surface area (Å²) in [5, 5.41) is 0.511. The van der Waals surface area contributed by atoms with E-state index >= 15 is 0 Å². The number of hydrogen-bond donors (Lipinski definition) is 0. The van der Waals surface area contributed by atoms with Crippen molar-refractivity contribution in [2.24, 2.45) is 0 Å². The van der Waals surface area contributed by atoms with Crippen molar-refractivity contribution in [3.63, 3.8) is 0 Å². The Morgan fingerprint density at radius 1 is 1.09 bits per heavy atom. The number of nitrogens with zero attached hydrogens (tertiary/aromatic N) is 4. The van der Waals surface area contributed by atoms with Gasteiger partial charge in [0.05, 0.1) is 13.2 Å². The minimum atomic E-state index is 0.0736. The van der Waals surface area contributed by atoms with Crippen LogP contribution in [0.5, 0.6) is 10.9 Å². The third-order valence-corrected chi connectivity index (χ3v) is 6.56. The predicted molar refractivity (Wildman–Crippen MR) is 138 cm³/mol. The summed E-state index contributed by atoms with van der Waals surface area (Å²) < 4.78 is 16.2. The number of aromatic nitrogens is 2. The van der Waals surface area contributed by atoms with Crippen molar-refractivity contribution in [2.75, 3.05) is 39.4 Å². The summed E-state index contributed by atoms with van der Waals surface area (Å²) in [6.07, 6.45) is 2.55. The molecule has 0 spiro atoms. The van der Waals surface area contributed by atoms with Gasteiger partial charge >= 0.3 is 0 Å². The van der Waals surface area contributed by atoms with Crippen LogP contribution in [0.1, 0.15) is 54.0 Å². The van der Waals surface area contributed by atoms with Crippen LogP contribution in [0.3, 0.4) is 0 Å². The standard InChI is InChI=1S/C27H34N4O3S/c1-3-12-31(13-4-2)26(32)22-10-11-24(23(19-22)20-30-14-16-33-17-15-30)34-27-28-25(29-35-27)18-21-8-6-5-7-9-21/h5-11,19H,3-4,12-18,20H2,1-2H3. The molecule has 0 bridgehead atoms. The fraction of sp³-hybridized carbons (Fsp3) is 0.444. The van der Waals surface area contributed by atoms with Crippen LogP contribution in [0, 0.1) is 0 Å². The van der Waals surface area contributed by atoms with E-state index in [1.54, 1.807) is 0 Å². The average molecular weight is 495 g/mol. The highest BCUT2D eigenvalue weighted by molar-refractivity contribution is 7.07. The molecule has 0 saturated carbocycles. The molecule has 0 radical (unpaired) electrons. The third-order valence-electron chi connectivity index (χ3n) is 5.93. The van der Waals surface area contributed by atoms with Gasteiger partial charge in [0.1, 0.15) is 5.75 Å². The molecular weight excluding hydrogens is 460 g/mol. The first kappa shape index (κ1) is 25.3. The number of carbonyl (C=O) groups excluding carboxylic acids is 1. The molecule has 4 rings (SSSR count). The lowest BCUT2D eigenvalue weighted by atomic mass is 10.1. The van der Waals surface area contributed by atoms with Crippen LogP contribution in [0.15, 0.2) is 48.5 Å². The SMILES string of the molecule is CCCN(CCC)C(=O)c1ccc(Oc2nc(Cc3ccccc3)ns2)c(CN2CCOCC2)c1. The second kappa shape index (κ2) is 12.8. The molecule has 1 aliphatic rings. The maximum Gasteiger partial charge on any atom is 0.298 e. The zero-order valence-corrected chi connectivity index (χ0v) is 21.4. The van der Waals surface area contributed by atoms with Crippen LogP contribution in [-0.2, 0) is 17.7 Å². The number of morpholine rings is 1. The summed E-state index contributed by atoms with van der Waals surface area (Å²) in [5.74, 6) is 1.53. The lowest BCUT2D eigenvalue weighted by Gasteiger charge is -2.27. The third kappa shape index (κ3) is 7.10. The Bertz CT molecular complexity index is 1080. The van der Waals surface area contributed by atoms with E-state index in [4.69, 9.17) is 9.47 Å². The molecule has 1 saturated heterocycles. The monoisotopic (exact) mass is 494 g/mol. The van der Waals surface area contributed by atoms with E-state index in [-0.39, 0.29) is 5.91 Å². The molecule has 0 N–H and O–H groups in total. The van der Waals surface area contributed by atoms with Crippen molar-refractivity contribution in [3.8, 4) is 10.9 Å². The molecular formula is C27H34N4O3S. The summed E-state index contributed by atoms with van der Waals surface area (Å²) in [6, 6.07) is 15.9. The molecule has 0 aliphatic carbocycles. The second-order valence-electron chi connectivity index (χ2n) is 8.74. The maximum atomic E-state index is 13.2. The Hall–Kier alpha value is -2.81. The summed E-state index contributed by atoms with van der Waals surface area (Å²) in [6.45, 7) is 9.57. The molecule has 0 atom stereocenters. The van der Waals surface area contributed by atoms with Gasteiger partial charge in [-0.1, -0.05) is 44.2 Å². The molecule has 1 amide bonds. The van der Waals surface area contributed by atoms with Gasteiger partial charge in [-0.25, -0.2) is 0 Å². The van der Waals surface area contributed by atoms with E-state index in [1.807, 2.05) is 41.3 Å². The summed E-state index contributed by atoms with van der Waals surface area (Å²) in [4.78, 5) is 22.1. The highest BCUT2D eigenvalue weighted by atomic mass is 32.1. The predicted octanol–water partition coefficient (Wildman–Crippen LogP) is 5.02. The molecule has 35 heavy (non-hydrogen) atoms. The van der Waals surface area contributed by atoms with Crippen molar-refractivity contribution in [1.29, 1.82) is 0 Å². The first-order chi connectivity index (χ1) is 17.2. The summed E-state index contributed by atoms with van der Waals surface area (Å²) in [7, 11) is 0. The number of hydrogen-bond acceptors (Lipinski definition) is 7. The fourth-order valence-corrected chi connectivity index (χ4v) is 4.76. The van der Waals surface area contributed by atoms with Gasteiger partial charge in [0.25, 0.3) is 11.1 Å². The van der Waals surface area contributed by atoms with Gasteiger partial charge in [-0.15, -0.1) is 0 Å². The second-order valence-corrected chi connectivity index (χ2v) is 9.46. The number of ether oxygens (including phenoxy) is 2. The van der Waals surface area contributed by atoms with Crippen molar-refractivity contribution < 1.29 is 14.3 Å². The van der Waals surface area contributed by atoms with Crippen LogP contribution in [-0.4, -0.2) is 64.5 Å². The molecule has 7 nitrogen and oxygen atoms in total. The molecule has 1 aromatic heterocycles. The zero-order valence-electron chi connectivity index (χ0n) is 20.6. The van der Waals surface area contributed by atoms with E-state index in [0.29, 0.717) is 29.5 Å². The van der Waals surface area contributed by atoms with Crippen LogP contribution in [0.25, 0.3) is 0 Å². The molecule has 3 aromatic rings. The van der Waals surface area contributed by atoms with Gasteiger partial charge < -0.3 is 14.4 Å². The average Bonchev–Trinajstić information content (AvgIpc) is 3.32. The van der Waals surface area contributed by atoms with E-state index in [0.717, 1.165) is 69.2 Å². The Balaban J connectivity index is 1.55. The number of rotatable bonds is 11. The van der Waals surface area contributed by atoms with Gasteiger partial charge in [-0.05, 0) is 36.6 Å². The minimum absolute atomic E-state index is 0.0736. The minimum Gasteiger partial charge on any atom is -0.430 e. The van der Waals surface area contributed by atoms with Crippen LogP contribution in [0.4, 0.5) is 0 Å². The van der Waals surface area contributed by atoms with Gasteiger partial charge in [0.15, 0.2) is 5.82 Å². The lowest BCUT2D eigenvalue weighted by Crippen LogP contribution is -2.36. The molecule has 186 valence electrons. The number of amides is 1. The van der Waals surface area contributed by atoms with Crippen LogP contribution < -0.4 is 4.74 Å². The highest BCUT2D eigenvalue weighted by Gasteiger charge is 2.20. The first-order valence-electron chi connectivity index (χ1n) is 12.4. The van der Waals surface area contributed by atoms with Gasteiger partial charge in [-0.2, -0.15) is 9.36 Å². The molecule has 1 fully saturated rings. The highest BCUT2D eigenvalue weighted by Crippen LogP contribution is 2.30. The van der Waals surface area contributed by atoms with E-state index < -0.39 is 0 Å². The first-order valence-corrected chi connectivity index (χ1v) is 13.2.